The molecule has 258 valence electrons. The van der Waals surface area contributed by atoms with Gasteiger partial charge in [-0.2, -0.15) is 0 Å². The highest BCUT2D eigenvalue weighted by Gasteiger charge is 2.53. The molecule has 13 heteroatoms. The first-order valence-corrected chi connectivity index (χ1v) is 15.8. The summed E-state index contributed by atoms with van der Waals surface area (Å²) < 4.78 is 11.0. The summed E-state index contributed by atoms with van der Waals surface area (Å²) in [6.45, 7) is 13.6. The number of esters is 1. The van der Waals surface area contributed by atoms with Crippen LogP contribution in [-0.4, -0.2) is 86.2 Å². The number of carbonyl (C=O) groups excluding carboxylic acids is 5. The average Bonchev–Trinajstić information content (AvgIpc) is 3.52. The van der Waals surface area contributed by atoms with E-state index in [2.05, 4.69) is 5.32 Å². The molecule has 2 aliphatic heterocycles. The minimum Gasteiger partial charge on any atom is -0.508 e. The van der Waals surface area contributed by atoms with E-state index in [4.69, 9.17) is 15.2 Å². The van der Waals surface area contributed by atoms with Crippen molar-refractivity contribution < 1.29 is 38.6 Å². The molecule has 4 rings (SSSR count). The first-order chi connectivity index (χ1) is 22.3. The molecule has 0 bridgehead atoms. The highest BCUT2D eigenvalue weighted by Crippen LogP contribution is 2.37. The molecule has 13 nitrogen and oxygen atoms in total. The van der Waals surface area contributed by atoms with E-state index in [9.17, 15) is 29.1 Å². The number of nitrogens with zero attached hydrogens (tertiary/aromatic N) is 3. The quantitative estimate of drug-likeness (QED) is 0.282. The highest BCUT2D eigenvalue weighted by atomic mass is 16.6. The lowest BCUT2D eigenvalue weighted by molar-refractivity contribution is -0.142. The van der Waals surface area contributed by atoms with Crippen LogP contribution in [0.4, 0.5) is 10.5 Å². The Morgan fingerprint density at radius 1 is 0.938 bits per heavy atom. The Balaban J connectivity index is 1.66. The van der Waals surface area contributed by atoms with Gasteiger partial charge in [0.05, 0.1) is 30.3 Å². The van der Waals surface area contributed by atoms with Crippen molar-refractivity contribution in [3.05, 3.63) is 76.7 Å². The van der Waals surface area contributed by atoms with Crippen molar-refractivity contribution in [1.29, 1.82) is 0 Å². The first-order valence-electron chi connectivity index (χ1n) is 15.8. The number of fused-ring (bicyclic) bond motifs is 1. The smallest absolute Gasteiger partial charge is 0.429 e. The number of amides is 4. The van der Waals surface area contributed by atoms with E-state index >= 15 is 0 Å². The van der Waals surface area contributed by atoms with Gasteiger partial charge in [-0.15, -0.1) is 0 Å². The predicted molar refractivity (Wildman–Crippen MR) is 177 cm³/mol. The predicted octanol–water partition coefficient (Wildman–Crippen LogP) is 4.66. The molecule has 1 fully saturated rings. The second kappa shape index (κ2) is 13.6. The van der Waals surface area contributed by atoms with Crippen molar-refractivity contribution >= 4 is 35.5 Å². The number of benzene rings is 2. The molecule has 4 N–H and O–H groups in total. The van der Waals surface area contributed by atoms with Gasteiger partial charge in [-0.3, -0.25) is 14.4 Å². The number of ether oxygens (including phenoxy) is 2. The number of anilines is 1. The minimum absolute atomic E-state index is 0.00515. The van der Waals surface area contributed by atoms with E-state index in [1.165, 1.54) is 23.1 Å². The van der Waals surface area contributed by atoms with Gasteiger partial charge in [0.1, 0.15) is 28.7 Å². The number of hydrogen-bond donors (Lipinski definition) is 3. The van der Waals surface area contributed by atoms with Gasteiger partial charge in [-0.1, -0.05) is 32.0 Å². The number of nitrogen functional groups attached to an aromatic ring is 1. The summed E-state index contributed by atoms with van der Waals surface area (Å²) >= 11 is 0. The summed E-state index contributed by atoms with van der Waals surface area (Å²) in [5.74, 6) is -2.76. The highest BCUT2D eigenvalue weighted by molar-refractivity contribution is 6.03. The number of nitrogens with two attached hydrogens (primary N) is 1. The van der Waals surface area contributed by atoms with E-state index in [1.807, 2.05) is 13.8 Å². The van der Waals surface area contributed by atoms with Gasteiger partial charge in [-0.05, 0) is 84.2 Å². The molecular weight excluding hydrogens is 618 g/mol. The van der Waals surface area contributed by atoms with Crippen molar-refractivity contribution in [2.75, 3.05) is 18.8 Å². The Morgan fingerprint density at radius 2 is 1.56 bits per heavy atom. The number of hydrogen-bond acceptors (Lipinski definition) is 9. The fourth-order valence-corrected chi connectivity index (χ4v) is 5.49. The van der Waals surface area contributed by atoms with Crippen LogP contribution in [0.2, 0.25) is 0 Å². The Hall–Kier alpha value is -5.07. The summed E-state index contributed by atoms with van der Waals surface area (Å²) in [7, 11) is 0. The maximum atomic E-state index is 14.4. The SMILES string of the molecule is CC(C)C[C@H](NC(=O)c1ccc(C(=O)OC(C)(C)C)cc1N)C(=O)N1C2=C(O)CN(C(=O)c3ccccc3)[C@@H]2CN1C(=O)OC(C)(C)C. The number of aliphatic hydroxyl groups excluding tert-OH is 1. The third-order valence-electron chi connectivity index (χ3n) is 7.46. The average molecular weight is 664 g/mol. The molecule has 2 atom stereocenters. The van der Waals surface area contributed by atoms with Gasteiger partial charge in [0.2, 0.25) is 0 Å². The molecule has 0 aliphatic carbocycles. The van der Waals surface area contributed by atoms with Gasteiger partial charge in [0.15, 0.2) is 0 Å². The fraction of sp³-hybridized carbons (Fsp3) is 0.457. The van der Waals surface area contributed by atoms with E-state index in [1.54, 1.807) is 71.9 Å². The van der Waals surface area contributed by atoms with Crippen molar-refractivity contribution in [2.45, 2.75) is 85.1 Å². The first kappa shape index (κ1) is 35.8. The lowest BCUT2D eigenvalue weighted by atomic mass is 10.0. The standard InChI is InChI=1S/C35H45N5O8/c1-20(2)16-25(37-29(42)23-15-14-22(17-24(23)36)32(45)47-34(3,4)5)31(44)40-28-26(18-39(40)33(46)48-35(6,7)8)38(19-27(28)41)30(43)21-12-10-9-11-13-21/h9-15,17,20,25-26,41H,16,18-19,36H2,1-8H3,(H,37,42)/t25-,26+/m0/s1. The maximum Gasteiger partial charge on any atom is 0.429 e. The van der Waals surface area contributed by atoms with Crippen molar-refractivity contribution in [2.24, 2.45) is 5.92 Å². The van der Waals surface area contributed by atoms with E-state index in [0.717, 1.165) is 10.0 Å². The summed E-state index contributed by atoms with van der Waals surface area (Å²) in [6, 6.07) is 10.5. The largest absolute Gasteiger partial charge is 0.508 e. The zero-order valence-corrected chi connectivity index (χ0v) is 28.7. The van der Waals surface area contributed by atoms with Gasteiger partial charge in [-0.25, -0.2) is 19.6 Å². The van der Waals surface area contributed by atoms with E-state index in [0.29, 0.717) is 5.56 Å². The fourth-order valence-electron chi connectivity index (χ4n) is 5.49. The third-order valence-corrected chi connectivity index (χ3v) is 7.46. The molecule has 0 saturated carbocycles. The Labute approximate surface area is 280 Å². The lowest BCUT2D eigenvalue weighted by Gasteiger charge is -2.33. The molecular formula is C35H45N5O8. The van der Waals surface area contributed by atoms with Crippen LogP contribution in [0, 0.1) is 5.92 Å². The second-order valence-electron chi connectivity index (χ2n) is 14.3. The lowest BCUT2D eigenvalue weighted by Crippen LogP contribution is -2.54. The Kier molecular flexibility index (Phi) is 10.1. The molecule has 2 aromatic rings. The second-order valence-corrected chi connectivity index (χ2v) is 14.3. The van der Waals surface area contributed by atoms with Crippen LogP contribution in [0.1, 0.15) is 92.9 Å². The van der Waals surface area contributed by atoms with E-state index in [-0.39, 0.29) is 53.7 Å². The summed E-state index contributed by atoms with van der Waals surface area (Å²) in [4.78, 5) is 69.0. The molecule has 2 heterocycles. The van der Waals surface area contributed by atoms with Crippen LogP contribution in [0.15, 0.2) is 60.0 Å². The number of carbonyl (C=O) groups is 5. The molecule has 4 amide bonds. The molecule has 0 unspecified atom stereocenters. The Bertz CT molecular complexity index is 1620. The maximum absolute atomic E-state index is 14.4. The monoisotopic (exact) mass is 663 g/mol. The molecule has 0 radical (unpaired) electrons. The summed E-state index contributed by atoms with van der Waals surface area (Å²) in [5, 5.41) is 16.0. The number of nitrogens with one attached hydrogen (secondary N) is 1. The van der Waals surface area contributed by atoms with Crippen LogP contribution < -0.4 is 11.1 Å². The van der Waals surface area contributed by atoms with Crippen LogP contribution in [0.5, 0.6) is 0 Å². The normalized spacial score (nSPS) is 16.9. The van der Waals surface area contributed by atoms with Gasteiger partial charge in [0, 0.05) is 11.3 Å². The summed E-state index contributed by atoms with van der Waals surface area (Å²) in [5.41, 5.74) is 5.14. The molecule has 2 aromatic carbocycles. The minimum atomic E-state index is -1.19. The topological polar surface area (TPSA) is 172 Å². The van der Waals surface area contributed by atoms with Gasteiger partial charge >= 0.3 is 12.1 Å². The van der Waals surface area contributed by atoms with E-state index < -0.39 is 53.1 Å². The zero-order chi connectivity index (χ0) is 35.7. The molecule has 2 aliphatic rings. The van der Waals surface area contributed by atoms with Gasteiger partial charge in [0.25, 0.3) is 17.7 Å². The van der Waals surface area contributed by atoms with Crippen molar-refractivity contribution in [3.63, 3.8) is 0 Å². The third kappa shape index (κ3) is 8.07. The zero-order valence-electron chi connectivity index (χ0n) is 28.7. The van der Waals surface area contributed by atoms with Crippen LogP contribution >= 0.6 is 0 Å². The molecule has 0 aromatic heterocycles. The van der Waals surface area contributed by atoms with Crippen molar-refractivity contribution in [3.8, 4) is 0 Å². The van der Waals surface area contributed by atoms with Crippen LogP contribution in [0.25, 0.3) is 0 Å². The van der Waals surface area contributed by atoms with Crippen LogP contribution in [0.3, 0.4) is 0 Å². The molecule has 1 saturated heterocycles. The number of aliphatic hydroxyl groups is 1. The van der Waals surface area contributed by atoms with Crippen molar-refractivity contribution in [1.82, 2.24) is 20.2 Å². The number of rotatable bonds is 7. The number of hydrazine groups is 1. The molecule has 48 heavy (non-hydrogen) atoms. The Morgan fingerprint density at radius 3 is 2.12 bits per heavy atom. The molecule has 0 spiro atoms. The van der Waals surface area contributed by atoms with Gasteiger partial charge < -0.3 is 30.5 Å². The summed E-state index contributed by atoms with van der Waals surface area (Å²) in [6.07, 6.45) is -0.709. The van der Waals surface area contributed by atoms with Crippen LogP contribution in [-0.2, 0) is 14.3 Å².